The van der Waals surface area contributed by atoms with Gasteiger partial charge in [-0.25, -0.2) is 9.32 Å². The first kappa shape index (κ1) is 16.8. The van der Waals surface area contributed by atoms with Gasteiger partial charge in [0.1, 0.15) is 11.3 Å². The first-order valence-electron chi connectivity index (χ1n) is 8.29. The van der Waals surface area contributed by atoms with E-state index in [-0.39, 0.29) is 11.4 Å². The number of aromatic nitrogens is 1. The summed E-state index contributed by atoms with van der Waals surface area (Å²) in [6.07, 6.45) is 3.23. The molecule has 7 nitrogen and oxygen atoms in total. The van der Waals surface area contributed by atoms with Gasteiger partial charge in [-0.2, -0.15) is 4.58 Å². The lowest BCUT2D eigenvalue weighted by molar-refractivity contribution is 0.0690. The molecular formula is C18H17ClN4O3. The molecule has 0 saturated carbocycles. The van der Waals surface area contributed by atoms with Crippen LogP contribution in [-0.2, 0) is 4.74 Å². The fraction of sp³-hybridized carbons (Fsp3) is 0.278. The van der Waals surface area contributed by atoms with Crippen LogP contribution >= 0.6 is 11.6 Å². The molecule has 1 saturated heterocycles. The summed E-state index contributed by atoms with van der Waals surface area (Å²) in [5.41, 5.74) is 1.12. The van der Waals surface area contributed by atoms with Crippen molar-refractivity contribution in [2.45, 2.75) is 6.92 Å². The molecule has 2 aromatic rings. The van der Waals surface area contributed by atoms with Gasteiger partial charge in [0.15, 0.2) is 0 Å². The molecule has 8 heteroatoms. The summed E-state index contributed by atoms with van der Waals surface area (Å²) < 4.78 is 14.0. The van der Waals surface area contributed by atoms with E-state index in [1.54, 1.807) is 31.2 Å². The summed E-state index contributed by atoms with van der Waals surface area (Å²) in [4.78, 5) is 14.1. The van der Waals surface area contributed by atoms with Crippen molar-refractivity contribution in [2.75, 3.05) is 26.3 Å². The third-order valence-corrected chi connectivity index (χ3v) is 4.70. The zero-order valence-electron chi connectivity index (χ0n) is 14.2. The van der Waals surface area contributed by atoms with Gasteiger partial charge in [0, 0.05) is 29.1 Å². The number of halogens is 1. The number of rotatable bonds is 3. The molecule has 0 radical (unpaired) electrons. The number of morpholine rings is 1. The molecule has 2 aliphatic rings. The van der Waals surface area contributed by atoms with E-state index in [1.165, 1.54) is 4.74 Å². The standard InChI is InChI=1S/C18H17ClN4O3/c1-12-17(24)23-16(7-6-15(20)21-8-10-25-11-9-21)22(18(12)26-23)14-4-2-13(19)3-5-14/h2-7H,8-11H2,1H3/b7-6-. The van der Waals surface area contributed by atoms with E-state index < -0.39 is 0 Å². The second-order valence-corrected chi connectivity index (χ2v) is 6.52. The monoisotopic (exact) mass is 372 g/mol. The molecule has 4 rings (SSSR count). The van der Waals surface area contributed by atoms with Crippen LogP contribution in [0.5, 0.6) is 0 Å². The van der Waals surface area contributed by atoms with Crippen molar-refractivity contribution in [1.29, 1.82) is 0 Å². The SMILES string of the molecule is Cc1c2on(c1=O)C(/C=C\C(=[N-])N1CCOCC1)=[N+]2c1ccc(Cl)cc1. The number of fused-ring (bicyclic) bond motifs is 2. The highest BCUT2D eigenvalue weighted by atomic mass is 35.5. The quantitative estimate of drug-likeness (QED) is 0.471. The van der Waals surface area contributed by atoms with Crippen LogP contribution in [0.2, 0.25) is 5.02 Å². The first-order chi connectivity index (χ1) is 12.6. The van der Waals surface area contributed by atoms with Gasteiger partial charge in [-0.1, -0.05) is 23.5 Å². The van der Waals surface area contributed by atoms with Gasteiger partial charge < -0.3 is 15.0 Å². The molecule has 0 unspecified atom stereocenters. The Morgan fingerprint density at radius 1 is 1.27 bits per heavy atom. The highest BCUT2D eigenvalue weighted by molar-refractivity contribution is 6.30. The number of amidine groups is 1. The lowest BCUT2D eigenvalue weighted by atomic mass is 10.2. The Morgan fingerprint density at radius 3 is 2.65 bits per heavy atom. The molecule has 0 spiro atoms. The Bertz CT molecular complexity index is 979. The molecule has 0 amide bonds. The average molecular weight is 373 g/mol. The summed E-state index contributed by atoms with van der Waals surface area (Å²) in [6.45, 7) is 4.11. The second kappa shape index (κ2) is 6.59. The third kappa shape index (κ3) is 2.79. The van der Waals surface area contributed by atoms with E-state index in [0.717, 1.165) is 5.69 Å². The van der Waals surface area contributed by atoms with Crippen molar-refractivity contribution in [2.24, 2.45) is 0 Å². The van der Waals surface area contributed by atoms with Crippen molar-refractivity contribution in [3.05, 3.63) is 62.8 Å². The molecule has 1 aromatic carbocycles. The molecule has 0 aliphatic carbocycles. The average Bonchev–Trinajstić information content (AvgIpc) is 3.17. The third-order valence-electron chi connectivity index (χ3n) is 4.45. The molecular weight excluding hydrogens is 356 g/mol. The minimum Gasteiger partial charge on any atom is -0.465 e. The van der Waals surface area contributed by atoms with Crippen molar-refractivity contribution in [3.8, 4) is 0 Å². The topological polar surface area (TPSA) is 72.9 Å². The Hall–Kier alpha value is -2.64. The van der Waals surface area contributed by atoms with Crippen LogP contribution in [0, 0.1) is 6.92 Å². The fourth-order valence-corrected chi connectivity index (χ4v) is 3.15. The maximum atomic E-state index is 12.3. The van der Waals surface area contributed by atoms with Gasteiger partial charge in [-0.15, -0.1) is 0 Å². The van der Waals surface area contributed by atoms with E-state index in [1.807, 2.05) is 21.6 Å². The highest BCUT2D eigenvalue weighted by Crippen LogP contribution is 2.28. The van der Waals surface area contributed by atoms with E-state index in [4.69, 9.17) is 20.9 Å². The summed E-state index contributed by atoms with van der Waals surface area (Å²) in [7, 11) is 0. The van der Waals surface area contributed by atoms with Crippen molar-refractivity contribution in [1.82, 2.24) is 14.2 Å². The van der Waals surface area contributed by atoms with Crippen molar-refractivity contribution in [3.63, 3.8) is 0 Å². The maximum absolute atomic E-state index is 12.3. The lowest BCUT2D eigenvalue weighted by Crippen LogP contribution is -2.39. The second-order valence-electron chi connectivity index (χ2n) is 6.08. The normalized spacial score (nSPS) is 16.8. The Kier molecular flexibility index (Phi) is 4.26. The number of hydrogen-bond donors (Lipinski definition) is 0. The molecule has 134 valence electrons. The van der Waals surface area contributed by atoms with Gasteiger partial charge in [-0.05, 0) is 44.3 Å². The van der Waals surface area contributed by atoms with Gasteiger partial charge in [0.2, 0.25) is 0 Å². The summed E-state index contributed by atoms with van der Waals surface area (Å²) in [6, 6.07) is 7.23. The van der Waals surface area contributed by atoms with Crippen LogP contribution < -0.4 is 10.1 Å². The molecule has 1 fully saturated rings. The molecule has 3 heterocycles. The number of hydrogen-bond acceptors (Lipinski definition) is 3. The molecule has 2 aliphatic heterocycles. The minimum absolute atomic E-state index is 0.124. The zero-order chi connectivity index (χ0) is 18.3. The molecule has 0 atom stereocenters. The number of nitrogens with zero attached hydrogens (tertiary/aromatic N) is 4. The predicted octanol–water partition coefficient (Wildman–Crippen LogP) is 2.35. The van der Waals surface area contributed by atoms with Gasteiger partial charge in [0.25, 0.3) is 0 Å². The Balaban J connectivity index is 1.72. The predicted molar refractivity (Wildman–Crippen MR) is 101 cm³/mol. The largest absolute Gasteiger partial charge is 0.465 e. The number of benzene rings is 1. The van der Waals surface area contributed by atoms with Crippen molar-refractivity contribution < 1.29 is 9.26 Å². The summed E-state index contributed by atoms with van der Waals surface area (Å²) in [5.74, 6) is 1.10. The zero-order valence-corrected chi connectivity index (χ0v) is 14.9. The van der Waals surface area contributed by atoms with E-state index in [9.17, 15) is 10.2 Å². The maximum Gasteiger partial charge on any atom is 0.385 e. The number of allylic oxidation sites excluding steroid dienone is 1. The van der Waals surface area contributed by atoms with Gasteiger partial charge in [-0.3, -0.25) is 0 Å². The molecule has 0 N–H and O–H groups in total. The van der Waals surface area contributed by atoms with Crippen LogP contribution in [0.3, 0.4) is 0 Å². The number of ether oxygens (including phenoxy) is 1. The van der Waals surface area contributed by atoms with Crippen LogP contribution in [0.1, 0.15) is 5.56 Å². The molecule has 2 bridgehead atoms. The van der Waals surface area contributed by atoms with E-state index in [2.05, 4.69) is 0 Å². The van der Waals surface area contributed by atoms with Crippen molar-refractivity contribution >= 4 is 34.8 Å². The minimum atomic E-state index is -0.212. The smallest absolute Gasteiger partial charge is 0.385 e. The van der Waals surface area contributed by atoms with Crippen LogP contribution in [0.15, 0.2) is 45.7 Å². The fourth-order valence-electron chi connectivity index (χ4n) is 3.02. The Labute approximate surface area is 154 Å². The first-order valence-corrected chi connectivity index (χ1v) is 8.66. The van der Waals surface area contributed by atoms with Crippen LogP contribution in [0.25, 0.3) is 5.41 Å². The molecule has 1 aromatic heterocycles. The lowest BCUT2D eigenvalue weighted by Gasteiger charge is -2.36. The van der Waals surface area contributed by atoms with Gasteiger partial charge >= 0.3 is 17.3 Å². The van der Waals surface area contributed by atoms with Crippen LogP contribution in [0.4, 0.5) is 11.6 Å². The summed E-state index contributed by atoms with van der Waals surface area (Å²) in [5, 5.41) is 10.9. The Morgan fingerprint density at radius 2 is 1.96 bits per heavy atom. The van der Waals surface area contributed by atoms with Gasteiger partial charge in [0.05, 0.1) is 0 Å². The highest BCUT2D eigenvalue weighted by Gasteiger charge is 2.38. The summed E-state index contributed by atoms with van der Waals surface area (Å²) >= 11 is 5.98. The van der Waals surface area contributed by atoms with E-state index in [0.29, 0.717) is 48.6 Å². The van der Waals surface area contributed by atoms with E-state index >= 15 is 0 Å². The van der Waals surface area contributed by atoms with Crippen LogP contribution in [-0.4, -0.2) is 47.6 Å². The molecule has 26 heavy (non-hydrogen) atoms.